The van der Waals surface area contributed by atoms with Crippen LogP contribution in [-0.4, -0.2) is 43.0 Å². The third kappa shape index (κ3) is 6.62. The Balaban J connectivity index is 1.86. The van der Waals surface area contributed by atoms with Crippen LogP contribution < -0.4 is 14.8 Å². The Hall–Kier alpha value is -2.44. The Bertz CT molecular complexity index is 808. The van der Waals surface area contributed by atoms with Crippen LogP contribution >= 0.6 is 23.2 Å². The highest BCUT2D eigenvalue weighted by atomic mass is 35.5. The topological polar surface area (TPSA) is 67.9 Å². The Morgan fingerprint density at radius 1 is 0.964 bits per heavy atom. The van der Waals surface area contributed by atoms with Crippen molar-refractivity contribution in [2.24, 2.45) is 0 Å². The summed E-state index contributed by atoms with van der Waals surface area (Å²) in [5, 5.41) is 3.57. The molecule has 0 heterocycles. The van der Waals surface area contributed by atoms with E-state index in [0.29, 0.717) is 40.3 Å². The second-order valence-corrected chi connectivity index (χ2v) is 6.63. The van der Waals surface area contributed by atoms with Gasteiger partial charge in [-0.05, 0) is 56.3 Å². The van der Waals surface area contributed by atoms with Gasteiger partial charge in [-0.2, -0.15) is 0 Å². The molecule has 6 nitrogen and oxygen atoms in total. The van der Waals surface area contributed by atoms with Crippen molar-refractivity contribution < 1.29 is 19.1 Å². The first kappa shape index (κ1) is 21.9. The summed E-state index contributed by atoms with van der Waals surface area (Å²) in [6.45, 7) is 4.80. The van der Waals surface area contributed by atoms with E-state index < -0.39 is 0 Å². The van der Waals surface area contributed by atoms with Crippen LogP contribution in [0.25, 0.3) is 0 Å². The number of nitrogens with zero attached hydrogens (tertiary/aromatic N) is 1. The lowest BCUT2D eigenvalue weighted by Crippen LogP contribution is -2.34. The van der Waals surface area contributed by atoms with E-state index in [1.807, 2.05) is 13.8 Å². The van der Waals surface area contributed by atoms with Crippen molar-refractivity contribution in [1.82, 2.24) is 4.90 Å². The molecule has 0 fully saturated rings. The van der Waals surface area contributed by atoms with Crippen LogP contribution in [0, 0.1) is 0 Å². The molecule has 0 aliphatic heterocycles. The molecule has 1 N–H and O–H groups in total. The molecule has 150 valence electrons. The molecule has 0 unspecified atom stereocenters. The first-order chi connectivity index (χ1) is 13.4. The van der Waals surface area contributed by atoms with E-state index in [0.717, 1.165) is 0 Å². The van der Waals surface area contributed by atoms with Crippen LogP contribution in [0.4, 0.5) is 5.69 Å². The molecule has 0 spiro atoms. The van der Waals surface area contributed by atoms with Gasteiger partial charge in [0.05, 0.1) is 5.02 Å². The summed E-state index contributed by atoms with van der Waals surface area (Å²) in [5.74, 6) is 0.464. The summed E-state index contributed by atoms with van der Waals surface area (Å²) >= 11 is 12.0. The first-order valence-electron chi connectivity index (χ1n) is 8.81. The molecule has 0 aliphatic carbocycles. The van der Waals surface area contributed by atoms with E-state index >= 15 is 0 Å². The lowest BCUT2D eigenvalue weighted by molar-refractivity contribution is -0.133. The Kier molecular flexibility index (Phi) is 8.42. The zero-order valence-corrected chi connectivity index (χ0v) is 17.2. The molecule has 0 atom stereocenters. The van der Waals surface area contributed by atoms with Crippen LogP contribution in [0.3, 0.4) is 0 Å². The zero-order valence-electron chi connectivity index (χ0n) is 15.7. The molecule has 2 amide bonds. The fourth-order valence-corrected chi connectivity index (χ4v) is 2.74. The summed E-state index contributed by atoms with van der Waals surface area (Å²) in [7, 11) is 0. The van der Waals surface area contributed by atoms with E-state index in [4.69, 9.17) is 32.7 Å². The summed E-state index contributed by atoms with van der Waals surface area (Å²) in [4.78, 5) is 25.7. The van der Waals surface area contributed by atoms with Crippen molar-refractivity contribution in [1.29, 1.82) is 0 Å². The number of ether oxygens (including phenoxy) is 2. The van der Waals surface area contributed by atoms with Crippen molar-refractivity contribution in [2.45, 2.75) is 13.8 Å². The molecular formula is C20H22Cl2N2O4. The average molecular weight is 425 g/mol. The quantitative estimate of drug-likeness (QED) is 0.652. The highest BCUT2D eigenvalue weighted by Gasteiger charge is 2.12. The number of anilines is 1. The van der Waals surface area contributed by atoms with Gasteiger partial charge in [-0.15, -0.1) is 0 Å². The SMILES string of the molecule is CCN(CC)C(=O)COc1ccc(NC(=O)COc2ccc(Cl)cc2)cc1Cl. The first-order valence-corrected chi connectivity index (χ1v) is 9.56. The highest BCUT2D eigenvalue weighted by Crippen LogP contribution is 2.27. The molecule has 0 aliphatic rings. The van der Waals surface area contributed by atoms with Crippen LogP contribution in [-0.2, 0) is 9.59 Å². The Labute approximate surface area is 174 Å². The number of nitrogens with one attached hydrogen (secondary N) is 1. The van der Waals surface area contributed by atoms with Gasteiger partial charge in [0.15, 0.2) is 13.2 Å². The molecule has 0 radical (unpaired) electrons. The van der Waals surface area contributed by atoms with Crippen molar-refractivity contribution in [3.05, 3.63) is 52.5 Å². The van der Waals surface area contributed by atoms with Crippen molar-refractivity contribution >= 4 is 40.7 Å². The number of carbonyl (C=O) groups excluding carboxylic acids is 2. The molecule has 0 saturated carbocycles. The van der Waals surface area contributed by atoms with E-state index in [1.165, 1.54) is 0 Å². The smallest absolute Gasteiger partial charge is 0.262 e. The summed E-state index contributed by atoms with van der Waals surface area (Å²) in [6.07, 6.45) is 0. The maximum atomic E-state index is 12.0. The zero-order chi connectivity index (χ0) is 20.5. The molecule has 2 rings (SSSR count). The van der Waals surface area contributed by atoms with Crippen LogP contribution in [0.2, 0.25) is 10.0 Å². The number of benzene rings is 2. The van der Waals surface area contributed by atoms with Gasteiger partial charge in [0, 0.05) is 23.8 Å². The molecule has 0 bridgehead atoms. The van der Waals surface area contributed by atoms with Gasteiger partial charge < -0.3 is 19.7 Å². The second kappa shape index (κ2) is 10.8. The standard InChI is InChI=1S/C20H22Cl2N2O4/c1-3-24(4-2)20(26)13-28-18-10-7-15(11-17(18)22)23-19(25)12-27-16-8-5-14(21)6-9-16/h5-11H,3-4,12-13H2,1-2H3,(H,23,25). The number of hydrogen-bond donors (Lipinski definition) is 1. The molecule has 8 heteroatoms. The number of hydrogen-bond acceptors (Lipinski definition) is 4. The van der Waals surface area contributed by atoms with Crippen LogP contribution in [0.5, 0.6) is 11.5 Å². The van der Waals surface area contributed by atoms with Crippen molar-refractivity contribution in [3.8, 4) is 11.5 Å². The van der Waals surface area contributed by atoms with Crippen LogP contribution in [0.1, 0.15) is 13.8 Å². The molecule has 2 aromatic carbocycles. The predicted molar refractivity (Wildman–Crippen MR) is 110 cm³/mol. The van der Waals surface area contributed by atoms with E-state index in [-0.39, 0.29) is 25.0 Å². The number of amides is 2. The van der Waals surface area contributed by atoms with Crippen molar-refractivity contribution in [3.63, 3.8) is 0 Å². The maximum Gasteiger partial charge on any atom is 0.262 e. The van der Waals surface area contributed by atoms with Gasteiger partial charge in [0.25, 0.3) is 11.8 Å². The predicted octanol–water partition coefficient (Wildman–Crippen LogP) is 4.26. The molecular weight excluding hydrogens is 403 g/mol. The largest absolute Gasteiger partial charge is 0.484 e. The second-order valence-electron chi connectivity index (χ2n) is 5.79. The third-order valence-corrected chi connectivity index (χ3v) is 4.41. The maximum absolute atomic E-state index is 12.0. The number of likely N-dealkylation sites (N-methyl/N-ethyl adjacent to an activating group) is 1. The average Bonchev–Trinajstić information content (AvgIpc) is 2.68. The van der Waals surface area contributed by atoms with Gasteiger partial charge in [-0.3, -0.25) is 9.59 Å². The minimum Gasteiger partial charge on any atom is -0.484 e. The third-order valence-electron chi connectivity index (χ3n) is 3.87. The molecule has 28 heavy (non-hydrogen) atoms. The Morgan fingerprint density at radius 3 is 2.25 bits per heavy atom. The number of carbonyl (C=O) groups is 2. The fraction of sp³-hybridized carbons (Fsp3) is 0.300. The fourth-order valence-electron chi connectivity index (χ4n) is 2.38. The van der Waals surface area contributed by atoms with Crippen LogP contribution in [0.15, 0.2) is 42.5 Å². The van der Waals surface area contributed by atoms with E-state index in [1.54, 1.807) is 47.4 Å². The van der Waals surface area contributed by atoms with Gasteiger partial charge in [-0.1, -0.05) is 23.2 Å². The highest BCUT2D eigenvalue weighted by molar-refractivity contribution is 6.32. The minimum atomic E-state index is -0.337. The lowest BCUT2D eigenvalue weighted by atomic mass is 10.3. The van der Waals surface area contributed by atoms with E-state index in [9.17, 15) is 9.59 Å². The lowest BCUT2D eigenvalue weighted by Gasteiger charge is -2.19. The summed E-state index contributed by atoms with van der Waals surface area (Å²) < 4.78 is 10.9. The molecule has 0 aromatic heterocycles. The minimum absolute atomic E-state index is 0.0952. The van der Waals surface area contributed by atoms with Crippen molar-refractivity contribution in [2.75, 3.05) is 31.6 Å². The Morgan fingerprint density at radius 2 is 1.64 bits per heavy atom. The number of rotatable bonds is 9. The molecule has 2 aromatic rings. The summed E-state index contributed by atoms with van der Waals surface area (Å²) in [6, 6.07) is 11.5. The number of halogens is 2. The van der Waals surface area contributed by atoms with Gasteiger partial charge in [0.2, 0.25) is 0 Å². The summed E-state index contributed by atoms with van der Waals surface area (Å²) in [5.41, 5.74) is 0.497. The van der Waals surface area contributed by atoms with E-state index in [2.05, 4.69) is 5.32 Å². The normalized spacial score (nSPS) is 10.3. The van der Waals surface area contributed by atoms with Gasteiger partial charge in [0.1, 0.15) is 11.5 Å². The molecule has 0 saturated heterocycles. The van der Waals surface area contributed by atoms with Gasteiger partial charge >= 0.3 is 0 Å². The van der Waals surface area contributed by atoms with Gasteiger partial charge in [-0.25, -0.2) is 0 Å². The monoisotopic (exact) mass is 424 g/mol.